The molecule has 0 radical (unpaired) electrons. The molecule has 2 nitrogen and oxygen atoms in total. The van der Waals surface area contributed by atoms with Crippen molar-refractivity contribution in [1.29, 1.82) is 0 Å². The van der Waals surface area contributed by atoms with Crippen LogP contribution in [0.3, 0.4) is 0 Å². The summed E-state index contributed by atoms with van der Waals surface area (Å²) < 4.78 is 13.7. The van der Waals surface area contributed by atoms with Gasteiger partial charge in [0.25, 0.3) is 0 Å². The predicted octanol–water partition coefficient (Wildman–Crippen LogP) is 4.16. The standard InChI is InChI=1S/C15H12ClFO2/c16-12-6-7-14(17)13(9-12)11-4-1-10(2-5-11)3-8-15(18)19/h1-2,4-7,9H,3,8H2,(H,18,19). The zero-order chi connectivity index (χ0) is 13.8. The van der Waals surface area contributed by atoms with Gasteiger partial charge in [-0.3, -0.25) is 4.79 Å². The topological polar surface area (TPSA) is 37.3 Å². The Morgan fingerprint density at radius 3 is 2.47 bits per heavy atom. The van der Waals surface area contributed by atoms with Crippen molar-refractivity contribution in [3.8, 4) is 11.1 Å². The molecular weight excluding hydrogens is 267 g/mol. The molecule has 0 aliphatic carbocycles. The minimum absolute atomic E-state index is 0.0882. The van der Waals surface area contributed by atoms with Gasteiger partial charge >= 0.3 is 5.97 Å². The van der Waals surface area contributed by atoms with Crippen LogP contribution in [0.15, 0.2) is 42.5 Å². The molecule has 0 saturated carbocycles. The highest BCUT2D eigenvalue weighted by Gasteiger charge is 2.06. The van der Waals surface area contributed by atoms with Crippen LogP contribution < -0.4 is 0 Å². The fourth-order valence-corrected chi connectivity index (χ4v) is 1.99. The molecule has 0 atom stereocenters. The number of hydrogen-bond acceptors (Lipinski definition) is 1. The van der Waals surface area contributed by atoms with Gasteiger partial charge < -0.3 is 5.11 Å². The molecule has 0 unspecified atom stereocenters. The first-order valence-electron chi connectivity index (χ1n) is 5.82. The van der Waals surface area contributed by atoms with Crippen LogP contribution in [0.5, 0.6) is 0 Å². The second-order valence-corrected chi connectivity index (χ2v) is 4.65. The molecule has 0 bridgehead atoms. The molecule has 2 rings (SSSR count). The van der Waals surface area contributed by atoms with E-state index < -0.39 is 5.97 Å². The number of carbonyl (C=O) groups is 1. The molecule has 0 amide bonds. The summed E-state index contributed by atoms with van der Waals surface area (Å²) in [6.07, 6.45) is 0.554. The summed E-state index contributed by atoms with van der Waals surface area (Å²) in [6.45, 7) is 0. The van der Waals surface area contributed by atoms with E-state index in [0.29, 0.717) is 17.0 Å². The van der Waals surface area contributed by atoms with Crippen molar-refractivity contribution in [2.75, 3.05) is 0 Å². The third-order valence-electron chi connectivity index (χ3n) is 2.82. The molecule has 0 spiro atoms. The molecular formula is C15H12ClFO2. The summed E-state index contributed by atoms with van der Waals surface area (Å²) >= 11 is 5.85. The number of rotatable bonds is 4. The Morgan fingerprint density at radius 1 is 1.16 bits per heavy atom. The minimum Gasteiger partial charge on any atom is -0.481 e. The van der Waals surface area contributed by atoms with Gasteiger partial charge in [-0.15, -0.1) is 0 Å². The normalized spacial score (nSPS) is 10.4. The van der Waals surface area contributed by atoms with Gasteiger partial charge in [-0.1, -0.05) is 35.9 Å². The summed E-state index contributed by atoms with van der Waals surface area (Å²) in [5.41, 5.74) is 2.07. The molecule has 0 aliphatic rings. The number of aliphatic carboxylic acids is 1. The van der Waals surface area contributed by atoms with Crippen molar-refractivity contribution in [2.45, 2.75) is 12.8 Å². The number of carboxylic acids is 1. The molecule has 0 saturated heterocycles. The third-order valence-corrected chi connectivity index (χ3v) is 3.06. The average Bonchev–Trinajstić information content (AvgIpc) is 2.40. The van der Waals surface area contributed by atoms with Crippen LogP contribution in [0.1, 0.15) is 12.0 Å². The second-order valence-electron chi connectivity index (χ2n) is 4.21. The number of benzene rings is 2. The van der Waals surface area contributed by atoms with E-state index in [4.69, 9.17) is 16.7 Å². The fourth-order valence-electron chi connectivity index (χ4n) is 1.82. The van der Waals surface area contributed by atoms with E-state index in [1.165, 1.54) is 12.1 Å². The molecule has 2 aromatic rings. The molecule has 0 fully saturated rings. The van der Waals surface area contributed by atoms with Gasteiger partial charge in [0.2, 0.25) is 0 Å². The van der Waals surface area contributed by atoms with Crippen LogP contribution in [0.25, 0.3) is 11.1 Å². The fraction of sp³-hybridized carbons (Fsp3) is 0.133. The Balaban J connectivity index is 2.22. The average molecular weight is 279 g/mol. The number of carboxylic acid groups (broad SMARTS) is 1. The van der Waals surface area contributed by atoms with Crippen LogP contribution in [0.4, 0.5) is 4.39 Å². The first-order valence-corrected chi connectivity index (χ1v) is 6.20. The zero-order valence-electron chi connectivity index (χ0n) is 10.1. The largest absolute Gasteiger partial charge is 0.481 e. The monoisotopic (exact) mass is 278 g/mol. The highest BCUT2D eigenvalue weighted by Crippen LogP contribution is 2.26. The van der Waals surface area contributed by atoms with E-state index in [1.807, 2.05) is 0 Å². The van der Waals surface area contributed by atoms with Gasteiger partial charge in [0, 0.05) is 17.0 Å². The van der Waals surface area contributed by atoms with Gasteiger partial charge in [0.1, 0.15) is 5.82 Å². The van der Waals surface area contributed by atoms with E-state index in [0.717, 1.165) is 11.1 Å². The molecule has 4 heteroatoms. The second kappa shape index (κ2) is 5.85. The maximum Gasteiger partial charge on any atom is 0.303 e. The molecule has 19 heavy (non-hydrogen) atoms. The highest BCUT2D eigenvalue weighted by molar-refractivity contribution is 6.30. The molecule has 1 N–H and O–H groups in total. The van der Waals surface area contributed by atoms with Crippen molar-refractivity contribution in [1.82, 2.24) is 0 Å². The van der Waals surface area contributed by atoms with Crippen molar-refractivity contribution in [3.63, 3.8) is 0 Å². The first-order chi connectivity index (χ1) is 9.06. The van der Waals surface area contributed by atoms with Gasteiger partial charge in [0.15, 0.2) is 0 Å². The van der Waals surface area contributed by atoms with E-state index in [1.54, 1.807) is 30.3 Å². The van der Waals surface area contributed by atoms with E-state index in [2.05, 4.69) is 0 Å². The minimum atomic E-state index is -0.829. The van der Waals surface area contributed by atoms with Crippen molar-refractivity contribution in [3.05, 3.63) is 58.9 Å². The van der Waals surface area contributed by atoms with E-state index in [9.17, 15) is 9.18 Å². The highest BCUT2D eigenvalue weighted by atomic mass is 35.5. The first kappa shape index (κ1) is 13.6. The van der Waals surface area contributed by atoms with Gasteiger partial charge in [0.05, 0.1) is 0 Å². The van der Waals surface area contributed by atoms with Crippen LogP contribution in [0, 0.1) is 5.82 Å². The number of halogens is 2. The summed E-state index contributed by atoms with van der Waals surface area (Å²) in [6, 6.07) is 11.6. The molecule has 2 aromatic carbocycles. The molecule has 98 valence electrons. The van der Waals surface area contributed by atoms with Gasteiger partial charge in [-0.2, -0.15) is 0 Å². The molecule has 0 aromatic heterocycles. The van der Waals surface area contributed by atoms with Crippen molar-refractivity contribution in [2.24, 2.45) is 0 Å². The van der Waals surface area contributed by atoms with Crippen molar-refractivity contribution < 1.29 is 14.3 Å². The lowest BCUT2D eigenvalue weighted by molar-refractivity contribution is -0.136. The molecule has 0 aliphatic heterocycles. The summed E-state index contributed by atoms with van der Waals surface area (Å²) in [5, 5.41) is 9.09. The molecule has 0 heterocycles. The Labute approximate surface area is 115 Å². The van der Waals surface area contributed by atoms with Crippen molar-refractivity contribution >= 4 is 17.6 Å². The van der Waals surface area contributed by atoms with Crippen LogP contribution >= 0.6 is 11.6 Å². The smallest absolute Gasteiger partial charge is 0.303 e. The van der Waals surface area contributed by atoms with Gasteiger partial charge in [-0.05, 0) is 35.7 Å². The number of aryl methyl sites for hydroxylation is 1. The lowest BCUT2D eigenvalue weighted by Gasteiger charge is -2.05. The Kier molecular flexibility index (Phi) is 4.17. The van der Waals surface area contributed by atoms with E-state index >= 15 is 0 Å². The number of hydrogen-bond donors (Lipinski definition) is 1. The summed E-state index contributed by atoms with van der Waals surface area (Å²) in [4.78, 5) is 10.5. The zero-order valence-corrected chi connectivity index (χ0v) is 10.8. The Morgan fingerprint density at radius 2 is 1.84 bits per heavy atom. The SMILES string of the molecule is O=C(O)CCc1ccc(-c2cc(Cl)ccc2F)cc1. The Hall–Kier alpha value is -1.87. The summed E-state index contributed by atoms with van der Waals surface area (Å²) in [7, 11) is 0. The van der Waals surface area contributed by atoms with Gasteiger partial charge in [-0.25, -0.2) is 4.39 Å². The maximum absolute atomic E-state index is 13.7. The Bertz CT molecular complexity index is 594. The quantitative estimate of drug-likeness (QED) is 0.912. The maximum atomic E-state index is 13.7. The lowest BCUT2D eigenvalue weighted by atomic mass is 10.0. The van der Waals surface area contributed by atoms with E-state index in [-0.39, 0.29) is 12.2 Å². The van der Waals surface area contributed by atoms with Crippen LogP contribution in [-0.2, 0) is 11.2 Å². The van der Waals surface area contributed by atoms with Crippen LogP contribution in [0.2, 0.25) is 5.02 Å². The van der Waals surface area contributed by atoms with Crippen LogP contribution in [-0.4, -0.2) is 11.1 Å². The predicted molar refractivity (Wildman–Crippen MR) is 72.8 cm³/mol. The third kappa shape index (κ3) is 3.55. The summed E-state index contributed by atoms with van der Waals surface area (Å²) in [5.74, 6) is -1.16. The lowest BCUT2D eigenvalue weighted by Crippen LogP contribution is -1.97.